The summed E-state index contributed by atoms with van der Waals surface area (Å²) in [6.07, 6.45) is 1.75. The van der Waals surface area contributed by atoms with Crippen LogP contribution in [-0.4, -0.2) is 42.8 Å². The number of alkyl halides is 2. The fraction of sp³-hybridized carbons (Fsp3) is 0.316. The molecule has 2 aromatic carbocycles. The van der Waals surface area contributed by atoms with Crippen LogP contribution in [0, 0.1) is 0 Å². The molecular formula is C19H20Br2Cl2N2O2. The number of phenolic OH excluding ortho intramolecular Hbond substituents is 1. The Labute approximate surface area is 186 Å². The van der Waals surface area contributed by atoms with Gasteiger partial charge in [-0.1, -0.05) is 6.07 Å². The average molecular weight is 539 g/mol. The monoisotopic (exact) mass is 536 g/mol. The lowest BCUT2D eigenvalue weighted by molar-refractivity contribution is 0.340. The van der Waals surface area contributed by atoms with Crippen molar-refractivity contribution in [2.24, 2.45) is 4.99 Å². The van der Waals surface area contributed by atoms with Gasteiger partial charge in [0.15, 0.2) is 0 Å². The number of hydrogen-bond acceptors (Lipinski definition) is 4. The first-order valence-corrected chi connectivity index (χ1v) is 11.0. The molecule has 0 atom stereocenters. The number of rotatable bonds is 9. The fourth-order valence-corrected chi connectivity index (χ4v) is 4.05. The molecule has 0 aliphatic carbocycles. The highest BCUT2D eigenvalue weighted by atomic mass is 79.9. The molecule has 1 N–H and O–H groups in total. The van der Waals surface area contributed by atoms with Gasteiger partial charge in [0.05, 0.1) is 26.9 Å². The molecule has 4 nitrogen and oxygen atoms in total. The third kappa shape index (κ3) is 6.28. The summed E-state index contributed by atoms with van der Waals surface area (Å²) < 4.78 is 6.97. The van der Waals surface area contributed by atoms with E-state index in [1.807, 2.05) is 25.1 Å². The molecule has 0 radical (unpaired) electrons. The quantitative estimate of drug-likeness (QED) is 0.299. The van der Waals surface area contributed by atoms with Gasteiger partial charge in [-0.25, -0.2) is 0 Å². The topological polar surface area (TPSA) is 45.1 Å². The average Bonchev–Trinajstić information content (AvgIpc) is 2.64. The van der Waals surface area contributed by atoms with Gasteiger partial charge in [0.1, 0.15) is 11.5 Å². The summed E-state index contributed by atoms with van der Waals surface area (Å²) in [6.45, 7) is 3.89. The minimum absolute atomic E-state index is 0.149. The largest absolute Gasteiger partial charge is 0.506 e. The number of ether oxygens (including phenoxy) is 1. The van der Waals surface area contributed by atoms with Crippen LogP contribution in [0.15, 0.2) is 44.3 Å². The number of halogens is 4. The predicted molar refractivity (Wildman–Crippen MR) is 122 cm³/mol. The van der Waals surface area contributed by atoms with Crippen molar-refractivity contribution in [2.75, 3.05) is 36.4 Å². The van der Waals surface area contributed by atoms with E-state index in [2.05, 4.69) is 41.8 Å². The van der Waals surface area contributed by atoms with Gasteiger partial charge in [-0.2, -0.15) is 0 Å². The van der Waals surface area contributed by atoms with Crippen LogP contribution in [0.4, 0.5) is 11.4 Å². The summed E-state index contributed by atoms with van der Waals surface area (Å²) in [4.78, 5) is 6.59. The Morgan fingerprint density at radius 1 is 1.11 bits per heavy atom. The zero-order chi connectivity index (χ0) is 19.8. The molecular weight excluding hydrogens is 519 g/mol. The Bertz CT molecular complexity index is 774. The van der Waals surface area contributed by atoms with Gasteiger partial charge in [-0.05, 0) is 68.6 Å². The summed E-state index contributed by atoms with van der Waals surface area (Å²) in [7, 11) is 0. The molecule has 0 aromatic heterocycles. The molecule has 8 heteroatoms. The van der Waals surface area contributed by atoms with Gasteiger partial charge in [-0.15, -0.1) is 23.2 Å². The molecule has 2 aromatic rings. The summed E-state index contributed by atoms with van der Waals surface area (Å²) >= 11 is 18.5. The molecule has 0 unspecified atom stereocenters. The van der Waals surface area contributed by atoms with Crippen molar-refractivity contribution in [1.29, 1.82) is 0 Å². The van der Waals surface area contributed by atoms with E-state index in [1.165, 1.54) is 0 Å². The van der Waals surface area contributed by atoms with Crippen molar-refractivity contribution in [1.82, 2.24) is 0 Å². The van der Waals surface area contributed by atoms with Crippen LogP contribution in [0.25, 0.3) is 0 Å². The lowest BCUT2D eigenvalue weighted by atomic mass is 10.2. The Morgan fingerprint density at radius 2 is 1.74 bits per heavy atom. The molecule has 0 bridgehead atoms. The second-order valence-corrected chi connectivity index (χ2v) is 8.01. The standard InChI is InChI=1S/C19H20Br2Cl2N2O2/c1-2-27-18-9-13(3-4-17(18)25(7-5-22)8-6-23)12-24-14-10-15(20)19(26)16(21)11-14/h3-4,9-12,26H,2,5-8H2,1H3. The second-order valence-electron chi connectivity index (χ2n) is 5.54. The van der Waals surface area contributed by atoms with Crippen LogP contribution in [0.5, 0.6) is 11.5 Å². The molecule has 0 aliphatic rings. The van der Waals surface area contributed by atoms with Gasteiger partial charge >= 0.3 is 0 Å². The highest BCUT2D eigenvalue weighted by Crippen LogP contribution is 2.36. The molecule has 0 amide bonds. The second kappa shape index (κ2) is 11.1. The van der Waals surface area contributed by atoms with Gasteiger partial charge in [0.25, 0.3) is 0 Å². The molecule has 0 heterocycles. The van der Waals surface area contributed by atoms with E-state index in [9.17, 15) is 5.11 Å². The number of aromatic hydroxyl groups is 1. The van der Waals surface area contributed by atoms with Crippen molar-refractivity contribution in [3.05, 3.63) is 44.8 Å². The maximum atomic E-state index is 9.80. The van der Waals surface area contributed by atoms with Gasteiger partial charge in [0, 0.05) is 31.1 Å². The van der Waals surface area contributed by atoms with E-state index in [0.29, 0.717) is 46.1 Å². The first-order chi connectivity index (χ1) is 13.0. The number of aliphatic imine (C=N–C) groups is 1. The Morgan fingerprint density at radius 3 is 2.30 bits per heavy atom. The van der Waals surface area contributed by atoms with E-state index in [0.717, 1.165) is 17.0 Å². The molecule has 27 heavy (non-hydrogen) atoms. The van der Waals surface area contributed by atoms with Crippen molar-refractivity contribution < 1.29 is 9.84 Å². The van der Waals surface area contributed by atoms with Crippen molar-refractivity contribution in [3.63, 3.8) is 0 Å². The number of phenols is 1. The lowest BCUT2D eigenvalue weighted by Crippen LogP contribution is -2.28. The Hall–Kier alpha value is -0.950. The van der Waals surface area contributed by atoms with Crippen LogP contribution in [0.2, 0.25) is 0 Å². The summed E-state index contributed by atoms with van der Waals surface area (Å²) in [5.74, 6) is 1.94. The zero-order valence-electron chi connectivity index (χ0n) is 14.8. The minimum Gasteiger partial charge on any atom is -0.506 e. The normalized spacial score (nSPS) is 11.1. The van der Waals surface area contributed by atoms with Crippen LogP contribution >= 0.6 is 55.1 Å². The summed E-state index contributed by atoms with van der Waals surface area (Å²) in [6, 6.07) is 9.41. The van der Waals surface area contributed by atoms with Crippen LogP contribution in [-0.2, 0) is 0 Å². The SMILES string of the molecule is CCOc1cc(C=Nc2cc(Br)c(O)c(Br)c2)ccc1N(CCCl)CCCl. The van der Waals surface area contributed by atoms with Crippen LogP contribution in [0.3, 0.4) is 0 Å². The van der Waals surface area contributed by atoms with Crippen molar-refractivity contribution in [2.45, 2.75) is 6.92 Å². The highest BCUT2D eigenvalue weighted by molar-refractivity contribution is 9.11. The maximum Gasteiger partial charge on any atom is 0.144 e. The first kappa shape index (κ1) is 22.3. The third-order valence-electron chi connectivity index (χ3n) is 3.70. The molecule has 0 saturated carbocycles. The molecule has 146 valence electrons. The molecule has 0 aliphatic heterocycles. The van der Waals surface area contributed by atoms with E-state index < -0.39 is 0 Å². The van der Waals surface area contributed by atoms with E-state index in [4.69, 9.17) is 27.9 Å². The van der Waals surface area contributed by atoms with Crippen LogP contribution < -0.4 is 9.64 Å². The van der Waals surface area contributed by atoms with E-state index in [1.54, 1.807) is 18.3 Å². The molecule has 0 spiro atoms. The maximum absolute atomic E-state index is 9.80. The zero-order valence-corrected chi connectivity index (χ0v) is 19.4. The smallest absolute Gasteiger partial charge is 0.144 e. The van der Waals surface area contributed by atoms with E-state index >= 15 is 0 Å². The first-order valence-electron chi connectivity index (χ1n) is 8.36. The fourth-order valence-electron chi connectivity index (χ4n) is 2.48. The van der Waals surface area contributed by atoms with E-state index in [-0.39, 0.29) is 5.75 Å². The van der Waals surface area contributed by atoms with Crippen molar-refractivity contribution >= 4 is 72.7 Å². The molecule has 2 rings (SSSR count). The lowest BCUT2D eigenvalue weighted by Gasteiger charge is -2.25. The molecule has 0 fully saturated rings. The van der Waals surface area contributed by atoms with Crippen molar-refractivity contribution in [3.8, 4) is 11.5 Å². The Balaban J connectivity index is 2.31. The number of nitrogens with zero attached hydrogens (tertiary/aromatic N) is 2. The Kier molecular flexibility index (Phi) is 9.22. The predicted octanol–water partition coefficient (Wildman–Crippen LogP) is 6.35. The number of hydrogen-bond donors (Lipinski definition) is 1. The summed E-state index contributed by atoms with van der Waals surface area (Å²) in [5.41, 5.74) is 2.57. The van der Waals surface area contributed by atoms with Gasteiger partial charge < -0.3 is 14.7 Å². The molecule has 0 saturated heterocycles. The third-order valence-corrected chi connectivity index (χ3v) is 5.24. The summed E-state index contributed by atoms with van der Waals surface area (Å²) in [5, 5.41) is 9.80. The van der Waals surface area contributed by atoms with Gasteiger partial charge in [-0.3, -0.25) is 4.99 Å². The minimum atomic E-state index is 0.149. The van der Waals surface area contributed by atoms with Gasteiger partial charge in [0.2, 0.25) is 0 Å². The van der Waals surface area contributed by atoms with Crippen LogP contribution in [0.1, 0.15) is 12.5 Å². The number of benzene rings is 2. The highest BCUT2D eigenvalue weighted by Gasteiger charge is 2.12. The number of anilines is 1.